The van der Waals surface area contributed by atoms with Crippen LogP contribution < -0.4 is 16.0 Å². The predicted octanol–water partition coefficient (Wildman–Crippen LogP) is -5.74. The molecule has 1 saturated heterocycles. The van der Waals surface area contributed by atoms with Crippen molar-refractivity contribution < 1.29 is 64.2 Å². The summed E-state index contributed by atoms with van der Waals surface area (Å²) in [5.74, 6) is 0. The second-order valence-electron chi connectivity index (χ2n) is 8.71. The molecule has 1 aliphatic heterocycles. The highest BCUT2D eigenvalue weighted by Gasteiger charge is 2.45. The van der Waals surface area contributed by atoms with Gasteiger partial charge in [0.2, 0.25) is 0 Å². The fraction of sp³-hybridized carbons (Fsp3) is 1.00. The van der Waals surface area contributed by atoms with Crippen LogP contribution in [0, 0.1) is 0 Å². The molecule has 8 unspecified atom stereocenters. The number of aliphatic hydroxyl groups is 7. The number of ether oxygens (including phenoxy) is 6. The van der Waals surface area contributed by atoms with Gasteiger partial charge in [-0.2, -0.15) is 0 Å². The topological polar surface area (TPSA) is 233 Å². The highest BCUT2D eigenvalue weighted by molar-refractivity contribution is 4.90. The van der Waals surface area contributed by atoms with Crippen molar-refractivity contribution in [3.63, 3.8) is 0 Å². The van der Waals surface area contributed by atoms with Crippen molar-refractivity contribution in [2.24, 2.45) is 0 Å². The Bertz CT molecular complexity index is 597. The van der Waals surface area contributed by atoms with E-state index < -0.39 is 94.1 Å². The average Bonchev–Trinajstić information content (AvgIpc) is 2.92. The third-order valence-corrected chi connectivity index (χ3v) is 5.92. The molecular formula is C22H47N3O13. The standard InChI is InChI=1S/C22H47N3O13/c1-23-5-12(37-22-21(32)20(31)19(30)16(11-29)38-22)13(8-26)35-18(7-25-3)36-15(10-28)14(9-27)34-17(33-4)6-24-2/h12-32H,5-11H2,1-4H3/t12?,13?,14?,15?,16?,17?,18?,19-,20-,21?,22-/m1/s1. The fourth-order valence-electron chi connectivity index (χ4n) is 3.80. The molecule has 0 saturated carbocycles. The van der Waals surface area contributed by atoms with Crippen molar-refractivity contribution in [2.75, 3.05) is 74.3 Å². The van der Waals surface area contributed by atoms with Gasteiger partial charge < -0.3 is 80.1 Å². The number of hydrogen-bond donors (Lipinski definition) is 10. The van der Waals surface area contributed by atoms with E-state index in [2.05, 4.69) is 16.0 Å². The molecule has 0 amide bonds. The highest BCUT2D eigenvalue weighted by Crippen LogP contribution is 2.24. The van der Waals surface area contributed by atoms with E-state index in [9.17, 15) is 35.7 Å². The summed E-state index contributed by atoms with van der Waals surface area (Å²) in [6, 6.07) is 0. The molecule has 0 radical (unpaired) electrons. The lowest BCUT2D eigenvalue weighted by atomic mass is 9.99. The van der Waals surface area contributed by atoms with Crippen molar-refractivity contribution in [1.82, 2.24) is 16.0 Å². The summed E-state index contributed by atoms with van der Waals surface area (Å²) in [6.45, 7) is -1.71. The molecule has 0 aromatic heterocycles. The van der Waals surface area contributed by atoms with Gasteiger partial charge >= 0.3 is 0 Å². The molecule has 0 aromatic carbocycles. The summed E-state index contributed by atoms with van der Waals surface area (Å²) in [7, 11) is 6.37. The molecule has 38 heavy (non-hydrogen) atoms. The van der Waals surface area contributed by atoms with Crippen molar-refractivity contribution >= 4 is 0 Å². The third kappa shape index (κ3) is 10.7. The Kier molecular flexibility index (Phi) is 18.1. The minimum absolute atomic E-state index is 0.0951. The van der Waals surface area contributed by atoms with Gasteiger partial charge in [0, 0.05) is 26.7 Å². The van der Waals surface area contributed by atoms with Gasteiger partial charge in [0.05, 0.1) is 26.4 Å². The first-order chi connectivity index (χ1) is 18.2. The van der Waals surface area contributed by atoms with Crippen LogP contribution in [-0.2, 0) is 28.4 Å². The molecule has 1 aliphatic rings. The second kappa shape index (κ2) is 19.4. The van der Waals surface area contributed by atoms with E-state index in [4.69, 9.17) is 28.4 Å². The lowest BCUT2D eigenvalue weighted by Crippen LogP contribution is -2.61. The Morgan fingerprint density at radius 2 is 1.13 bits per heavy atom. The molecule has 1 heterocycles. The SMILES string of the molecule is CNCC(OC)OC(CO)C(CO)OC(CNC)OC(CO)C(CNC)O[C@@H]1OC(CO)[C@@H](O)[C@@H](O)C1O. The summed E-state index contributed by atoms with van der Waals surface area (Å²) in [6.07, 6.45) is -13.4. The zero-order valence-electron chi connectivity index (χ0n) is 22.4. The molecule has 0 aromatic rings. The van der Waals surface area contributed by atoms with Crippen LogP contribution in [0.1, 0.15) is 0 Å². The maximum atomic E-state index is 10.3. The van der Waals surface area contributed by atoms with E-state index in [0.29, 0.717) is 6.54 Å². The van der Waals surface area contributed by atoms with Crippen LogP contribution in [-0.4, -0.2) is 178 Å². The summed E-state index contributed by atoms with van der Waals surface area (Å²) in [5.41, 5.74) is 0. The zero-order chi connectivity index (χ0) is 28.7. The Morgan fingerprint density at radius 3 is 1.58 bits per heavy atom. The van der Waals surface area contributed by atoms with Gasteiger partial charge in [-0.15, -0.1) is 0 Å². The number of aliphatic hydroxyl groups excluding tert-OH is 7. The van der Waals surface area contributed by atoms with Crippen LogP contribution in [0.3, 0.4) is 0 Å². The first-order valence-electron chi connectivity index (χ1n) is 12.5. The van der Waals surface area contributed by atoms with Crippen LogP contribution in [0.5, 0.6) is 0 Å². The van der Waals surface area contributed by atoms with Gasteiger partial charge in [-0.05, 0) is 21.1 Å². The lowest BCUT2D eigenvalue weighted by molar-refractivity contribution is -0.325. The van der Waals surface area contributed by atoms with E-state index in [1.54, 1.807) is 21.1 Å². The summed E-state index contributed by atoms with van der Waals surface area (Å²) < 4.78 is 34.0. The molecule has 1 fully saturated rings. The molecule has 1 rings (SSSR count). The molecule has 0 bridgehead atoms. The Balaban J connectivity index is 3.00. The van der Waals surface area contributed by atoms with Crippen molar-refractivity contribution in [3.8, 4) is 0 Å². The van der Waals surface area contributed by atoms with Gasteiger partial charge in [0.15, 0.2) is 18.9 Å². The minimum Gasteiger partial charge on any atom is -0.394 e. The van der Waals surface area contributed by atoms with E-state index in [1.165, 1.54) is 7.11 Å². The molecule has 16 nitrogen and oxygen atoms in total. The molecular weight excluding hydrogens is 514 g/mol. The van der Waals surface area contributed by atoms with Crippen LogP contribution in [0.4, 0.5) is 0 Å². The molecule has 228 valence electrons. The Morgan fingerprint density at radius 1 is 0.658 bits per heavy atom. The van der Waals surface area contributed by atoms with E-state index in [0.717, 1.165) is 0 Å². The van der Waals surface area contributed by atoms with E-state index in [-0.39, 0.29) is 13.1 Å². The van der Waals surface area contributed by atoms with Crippen molar-refractivity contribution in [3.05, 3.63) is 0 Å². The maximum absolute atomic E-state index is 10.3. The number of rotatable bonds is 21. The quantitative estimate of drug-likeness (QED) is 0.0588. The molecule has 10 N–H and O–H groups in total. The highest BCUT2D eigenvalue weighted by atomic mass is 16.7. The van der Waals surface area contributed by atoms with Gasteiger partial charge in [-0.3, -0.25) is 0 Å². The van der Waals surface area contributed by atoms with Crippen LogP contribution in [0.25, 0.3) is 0 Å². The number of likely N-dealkylation sites (N-methyl/N-ethyl adjacent to an activating group) is 3. The monoisotopic (exact) mass is 561 g/mol. The largest absolute Gasteiger partial charge is 0.394 e. The molecule has 11 atom stereocenters. The fourth-order valence-corrected chi connectivity index (χ4v) is 3.80. The predicted molar refractivity (Wildman–Crippen MR) is 131 cm³/mol. The third-order valence-electron chi connectivity index (χ3n) is 5.92. The average molecular weight is 562 g/mol. The zero-order valence-corrected chi connectivity index (χ0v) is 22.4. The van der Waals surface area contributed by atoms with Gasteiger partial charge in [-0.1, -0.05) is 0 Å². The van der Waals surface area contributed by atoms with Crippen LogP contribution in [0.15, 0.2) is 0 Å². The molecule has 16 heteroatoms. The number of nitrogens with one attached hydrogen (secondary N) is 3. The lowest BCUT2D eigenvalue weighted by Gasteiger charge is -2.42. The normalized spacial score (nSPS) is 29.0. The first-order valence-corrected chi connectivity index (χ1v) is 12.5. The van der Waals surface area contributed by atoms with E-state index >= 15 is 0 Å². The Labute approximate surface area is 222 Å². The summed E-state index contributed by atoms with van der Waals surface area (Å²) in [5, 5.41) is 78.4. The summed E-state index contributed by atoms with van der Waals surface area (Å²) in [4.78, 5) is 0. The minimum atomic E-state index is -1.65. The second-order valence-corrected chi connectivity index (χ2v) is 8.71. The van der Waals surface area contributed by atoms with Gasteiger partial charge in [0.1, 0.15) is 48.8 Å². The summed E-state index contributed by atoms with van der Waals surface area (Å²) >= 11 is 0. The van der Waals surface area contributed by atoms with Crippen molar-refractivity contribution in [2.45, 2.75) is 67.7 Å². The number of hydrogen-bond acceptors (Lipinski definition) is 16. The molecule has 0 spiro atoms. The Hall–Kier alpha value is -0.640. The first kappa shape index (κ1) is 35.4. The van der Waals surface area contributed by atoms with Crippen LogP contribution >= 0.6 is 0 Å². The number of methoxy groups -OCH3 is 1. The van der Waals surface area contributed by atoms with Crippen LogP contribution in [0.2, 0.25) is 0 Å². The van der Waals surface area contributed by atoms with E-state index in [1.807, 2.05) is 0 Å². The maximum Gasteiger partial charge on any atom is 0.187 e. The van der Waals surface area contributed by atoms with Gasteiger partial charge in [0.25, 0.3) is 0 Å². The smallest absolute Gasteiger partial charge is 0.187 e. The van der Waals surface area contributed by atoms with Gasteiger partial charge in [-0.25, -0.2) is 0 Å². The molecule has 0 aliphatic carbocycles. The van der Waals surface area contributed by atoms with Crippen molar-refractivity contribution in [1.29, 1.82) is 0 Å².